The molecule has 0 unspecified atom stereocenters. The minimum absolute atomic E-state index is 0.172. The third kappa shape index (κ3) is 2.93. The van der Waals surface area contributed by atoms with Crippen LogP contribution in [0.3, 0.4) is 0 Å². The average molecular weight is 311 g/mol. The van der Waals surface area contributed by atoms with Crippen LogP contribution < -0.4 is 5.73 Å². The Morgan fingerprint density at radius 3 is 2.38 bits per heavy atom. The van der Waals surface area contributed by atoms with Crippen molar-refractivity contribution < 1.29 is 8.42 Å². The van der Waals surface area contributed by atoms with Crippen molar-refractivity contribution in [2.75, 3.05) is 32.4 Å². The molecule has 2 rings (SSSR count). The molecule has 1 aromatic rings. The van der Waals surface area contributed by atoms with Crippen molar-refractivity contribution in [3.05, 3.63) is 23.3 Å². The summed E-state index contributed by atoms with van der Waals surface area (Å²) in [6.07, 6.45) is 0. The Morgan fingerprint density at radius 2 is 1.81 bits per heavy atom. The van der Waals surface area contributed by atoms with E-state index in [2.05, 4.69) is 18.7 Å². The van der Waals surface area contributed by atoms with Gasteiger partial charge in [0.05, 0.1) is 4.90 Å². The number of piperazine rings is 1. The molecule has 2 N–H and O–H groups in total. The number of anilines is 1. The first-order valence-electron chi connectivity index (χ1n) is 7.14. The quantitative estimate of drug-likeness (QED) is 0.843. The van der Waals surface area contributed by atoms with Crippen LogP contribution in [0.5, 0.6) is 0 Å². The summed E-state index contributed by atoms with van der Waals surface area (Å²) in [4.78, 5) is 2.52. The van der Waals surface area contributed by atoms with E-state index in [-0.39, 0.29) is 5.54 Å². The summed E-state index contributed by atoms with van der Waals surface area (Å²) in [5.41, 5.74) is 7.84. The molecule has 0 spiro atoms. The van der Waals surface area contributed by atoms with E-state index in [9.17, 15) is 8.42 Å². The van der Waals surface area contributed by atoms with E-state index in [1.54, 1.807) is 10.4 Å². The molecule has 1 saturated heterocycles. The fourth-order valence-corrected chi connectivity index (χ4v) is 4.58. The summed E-state index contributed by atoms with van der Waals surface area (Å²) < 4.78 is 27.5. The highest BCUT2D eigenvalue weighted by Gasteiger charge is 2.37. The van der Waals surface area contributed by atoms with Gasteiger partial charge in [-0.15, -0.1) is 0 Å². The van der Waals surface area contributed by atoms with Gasteiger partial charge in [0.2, 0.25) is 10.0 Å². The van der Waals surface area contributed by atoms with Crippen molar-refractivity contribution in [1.29, 1.82) is 0 Å². The van der Waals surface area contributed by atoms with Crippen LogP contribution in [-0.2, 0) is 10.0 Å². The van der Waals surface area contributed by atoms with E-state index in [0.29, 0.717) is 23.7 Å². The fraction of sp³-hybridized carbons (Fsp3) is 0.600. The largest absolute Gasteiger partial charge is 0.399 e. The Hall–Kier alpha value is -1.11. The van der Waals surface area contributed by atoms with E-state index in [4.69, 9.17) is 5.73 Å². The van der Waals surface area contributed by atoms with Gasteiger partial charge in [-0.1, -0.05) is 0 Å². The lowest BCUT2D eigenvalue weighted by Crippen LogP contribution is -2.58. The molecule has 6 heteroatoms. The maximum Gasteiger partial charge on any atom is 0.243 e. The maximum absolute atomic E-state index is 13.0. The Bertz CT molecular complexity index is 653. The smallest absolute Gasteiger partial charge is 0.243 e. The van der Waals surface area contributed by atoms with Gasteiger partial charge in [0.15, 0.2) is 0 Å². The first-order chi connectivity index (χ1) is 9.55. The zero-order chi connectivity index (χ0) is 16.0. The molecular weight excluding hydrogens is 286 g/mol. The van der Waals surface area contributed by atoms with Crippen molar-refractivity contribution >= 4 is 15.7 Å². The van der Waals surface area contributed by atoms with Crippen LogP contribution in [0.1, 0.15) is 25.0 Å². The van der Waals surface area contributed by atoms with Gasteiger partial charge in [-0.3, -0.25) is 4.90 Å². The summed E-state index contributed by atoms with van der Waals surface area (Å²) in [6, 6.07) is 3.38. The van der Waals surface area contributed by atoms with Crippen LogP contribution in [0, 0.1) is 13.8 Å². The van der Waals surface area contributed by atoms with E-state index in [0.717, 1.165) is 17.7 Å². The van der Waals surface area contributed by atoms with Gasteiger partial charge in [0, 0.05) is 30.9 Å². The second kappa shape index (κ2) is 5.26. The van der Waals surface area contributed by atoms with E-state index in [1.807, 2.05) is 27.0 Å². The Morgan fingerprint density at radius 1 is 1.19 bits per heavy atom. The van der Waals surface area contributed by atoms with Crippen LogP contribution in [0.15, 0.2) is 17.0 Å². The summed E-state index contributed by atoms with van der Waals surface area (Å²) in [6.45, 7) is 9.57. The van der Waals surface area contributed by atoms with E-state index in [1.165, 1.54) is 0 Å². The van der Waals surface area contributed by atoms with Crippen molar-refractivity contribution in [2.45, 2.75) is 38.1 Å². The number of hydrogen-bond donors (Lipinski definition) is 1. The van der Waals surface area contributed by atoms with Crippen LogP contribution >= 0.6 is 0 Å². The number of likely N-dealkylation sites (N-methyl/N-ethyl adjacent to an activating group) is 1. The number of rotatable bonds is 2. The molecule has 0 aromatic heterocycles. The molecule has 0 saturated carbocycles. The SMILES string of the molecule is Cc1cc(N)cc(S(=O)(=O)N2CCN(C)C(C)(C)C2)c1C. The minimum atomic E-state index is -3.51. The number of nitrogens with two attached hydrogens (primary N) is 1. The zero-order valence-corrected chi connectivity index (χ0v) is 14.3. The second-order valence-electron chi connectivity index (χ2n) is 6.53. The molecule has 1 aromatic carbocycles. The van der Waals surface area contributed by atoms with Gasteiger partial charge in [0.25, 0.3) is 0 Å². The summed E-state index contributed by atoms with van der Waals surface area (Å²) in [7, 11) is -1.48. The van der Waals surface area contributed by atoms with Crippen molar-refractivity contribution in [2.24, 2.45) is 0 Å². The lowest BCUT2D eigenvalue weighted by Gasteiger charge is -2.44. The molecule has 21 heavy (non-hydrogen) atoms. The number of aryl methyl sites for hydroxylation is 1. The average Bonchev–Trinajstić information content (AvgIpc) is 2.36. The van der Waals surface area contributed by atoms with Crippen molar-refractivity contribution in [3.8, 4) is 0 Å². The van der Waals surface area contributed by atoms with Crippen molar-refractivity contribution in [3.63, 3.8) is 0 Å². The Balaban J connectivity index is 2.44. The summed E-state index contributed by atoms with van der Waals surface area (Å²) in [5, 5.41) is 0. The number of nitrogens with zero attached hydrogens (tertiary/aromatic N) is 2. The molecule has 0 amide bonds. The number of benzene rings is 1. The predicted octanol–water partition coefficient (Wildman–Crippen LogP) is 1.60. The fourth-order valence-electron chi connectivity index (χ4n) is 2.66. The topological polar surface area (TPSA) is 66.6 Å². The molecule has 1 fully saturated rings. The molecule has 0 atom stereocenters. The number of sulfonamides is 1. The molecule has 0 bridgehead atoms. The molecule has 5 nitrogen and oxygen atoms in total. The molecule has 1 aliphatic heterocycles. The first kappa shape index (κ1) is 16.3. The number of nitrogen functional groups attached to an aromatic ring is 1. The molecular formula is C15H25N3O2S. The summed E-state index contributed by atoms with van der Waals surface area (Å²) in [5.74, 6) is 0. The van der Waals surface area contributed by atoms with Gasteiger partial charge in [-0.25, -0.2) is 8.42 Å². The minimum Gasteiger partial charge on any atom is -0.399 e. The van der Waals surface area contributed by atoms with E-state index >= 15 is 0 Å². The van der Waals surface area contributed by atoms with Crippen LogP contribution in [0.25, 0.3) is 0 Å². The molecule has 0 aliphatic carbocycles. The van der Waals surface area contributed by atoms with E-state index < -0.39 is 10.0 Å². The lowest BCUT2D eigenvalue weighted by atomic mass is 10.0. The predicted molar refractivity (Wildman–Crippen MR) is 85.8 cm³/mol. The highest BCUT2D eigenvalue weighted by Crippen LogP contribution is 2.29. The monoisotopic (exact) mass is 311 g/mol. The molecule has 1 aliphatic rings. The summed E-state index contributed by atoms with van der Waals surface area (Å²) >= 11 is 0. The number of hydrogen-bond acceptors (Lipinski definition) is 4. The normalized spacial score (nSPS) is 20.6. The third-order valence-corrected chi connectivity index (χ3v) is 6.51. The van der Waals surface area contributed by atoms with Crippen LogP contribution in [0.2, 0.25) is 0 Å². The second-order valence-corrected chi connectivity index (χ2v) is 8.44. The van der Waals surface area contributed by atoms with Gasteiger partial charge < -0.3 is 5.73 Å². The molecule has 118 valence electrons. The van der Waals surface area contributed by atoms with Crippen LogP contribution in [-0.4, -0.2) is 49.8 Å². The highest BCUT2D eigenvalue weighted by atomic mass is 32.2. The zero-order valence-electron chi connectivity index (χ0n) is 13.5. The van der Waals surface area contributed by atoms with Gasteiger partial charge >= 0.3 is 0 Å². The maximum atomic E-state index is 13.0. The highest BCUT2D eigenvalue weighted by molar-refractivity contribution is 7.89. The Kier molecular flexibility index (Phi) is 4.08. The standard InChI is InChI=1S/C15H25N3O2S/c1-11-8-13(16)9-14(12(11)2)21(19,20)18-7-6-17(5)15(3,4)10-18/h8-9H,6-7,10,16H2,1-5H3. The molecule has 0 radical (unpaired) electrons. The Labute approximate surface area is 127 Å². The third-order valence-electron chi connectivity index (χ3n) is 4.54. The van der Waals surface area contributed by atoms with Gasteiger partial charge in [-0.2, -0.15) is 4.31 Å². The van der Waals surface area contributed by atoms with Gasteiger partial charge in [-0.05, 0) is 58.0 Å². The molecule has 1 heterocycles. The van der Waals surface area contributed by atoms with Crippen LogP contribution in [0.4, 0.5) is 5.69 Å². The van der Waals surface area contributed by atoms with Crippen molar-refractivity contribution in [1.82, 2.24) is 9.21 Å². The lowest BCUT2D eigenvalue weighted by molar-refractivity contribution is 0.0801. The van der Waals surface area contributed by atoms with Gasteiger partial charge in [0.1, 0.15) is 0 Å². The first-order valence-corrected chi connectivity index (χ1v) is 8.58.